The van der Waals surface area contributed by atoms with E-state index in [9.17, 15) is 4.79 Å². The highest BCUT2D eigenvalue weighted by atomic mass is 35.5. The van der Waals surface area contributed by atoms with E-state index in [1.165, 1.54) is 19.3 Å². The summed E-state index contributed by atoms with van der Waals surface area (Å²) in [6.45, 7) is 4.58. The van der Waals surface area contributed by atoms with Crippen molar-refractivity contribution in [2.24, 2.45) is 17.6 Å². The summed E-state index contributed by atoms with van der Waals surface area (Å²) in [5, 5.41) is 3.92. The van der Waals surface area contributed by atoms with Gasteiger partial charge in [-0.2, -0.15) is 0 Å². The predicted molar refractivity (Wildman–Crippen MR) is 79.6 cm³/mol. The topological polar surface area (TPSA) is 55.1 Å². The second kappa shape index (κ2) is 5.83. The highest BCUT2D eigenvalue weighted by molar-refractivity contribution is 6.33. The number of rotatable bonds is 3. The summed E-state index contributed by atoms with van der Waals surface area (Å²) in [5.74, 6) is 0.870. The number of halogens is 1. The van der Waals surface area contributed by atoms with Crippen LogP contribution >= 0.6 is 11.6 Å². The molecule has 3 N–H and O–H groups in total. The Balaban J connectivity index is 2.15. The fourth-order valence-electron chi connectivity index (χ4n) is 2.80. The Hall–Kier alpha value is -1.22. The average Bonchev–Trinajstić information content (AvgIpc) is 2.37. The minimum absolute atomic E-state index is 0.378. The van der Waals surface area contributed by atoms with E-state index in [1.807, 2.05) is 6.07 Å². The molecule has 0 heterocycles. The van der Waals surface area contributed by atoms with Crippen molar-refractivity contribution in [3.63, 3.8) is 0 Å². The largest absolute Gasteiger partial charge is 0.382 e. The van der Waals surface area contributed by atoms with Gasteiger partial charge in [-0.1, -0.05) is 38.3 Å². The normalized spacial score (nSPS) is 27.0. The summed E-state index contributed by atoms with van der Waals surface area (Å²) in [7, 11) is 0. The van der Waals surface area contributed by atoms with Crippen molar-refractivity contribution in [3.05, 3.63) is 28.8 Å². The number of primary amides is 1. The van der Waals surface area contributed by atoms with Crippen LogP contribution in [-0.2, 0) is 0 Å². The molecular weight excluding hydrogens is 260 g/mol. The summed E-state index contributed by atoms with van der Waals surface area (Å²) < 4.78 is 0. The number of hydrogen-bond acceptors (Lipinski definition) is 2. The Labute approximate surface area is 119 Å². The Morgan fingerprint density at radius 1 is 1.37 bits per heavy atom. The lowest BCUT2D eigenvalue weighted by Crippen LogP contribution is -2.35. The molecule has 1 aliphatic carbocycles. The number of amides is 1. The highest BCUT2D eigenvalue weighted by Crippen LogP contribution is 2.32. The summed E-state index contributed by atoms with van der Waals surface area (Å²) in [5.41, 5.74) is 6.61. The second-order valence-electron chi connectivity index (χ2n) is 5.58. The van der Waals surface area contributed by atoms with E-state index in [-0.39, 0.29) is 0 Å². The zero-order valence-electron chi connectivity index (χ0n) is 11.4. The average molecular weight is 281 g/mol. The summed E-state index contributed by atoms with van der Waals surface area (Å²) in [6, 6.07) is 5.82. The fraction of sp³-hybridized carbons (Fsp3) is 0.533. The number of hydrogen-bond donors (Lipinski definition) is 2. The third kappa shape index (κ3) is 3.21. The Morgan fingerprint density at radius 2 is 2.11 bits per heavy atom. The number of nitrogens with one attached hydrogen (secondary N) is 1. The number of carbonyl (C=O) groups excluding carboxylic acids is 1. The van der Waals surface area contributed by atoms with Crippen LogP contribution in [0.4, 0.5) is 5.69 Å². The molecule has 0 saturated heterocycles. The second-order valence-corrected chi connectivity index (χ2v) is 5.98. The maximum atomic E-state index is 11.3. The van der Waals surface area contributed by atoms with Crippen LogP contribution in [0.1, 0.15) is 43.5 Å². The van der Waals surface area contributed by atoms with E-state index < -0.39 is 5.91 Å². The molecular formula is C15H21ClN2O. The van der Waals surface area contributed by atoms with Crippen molar-refractivity contribution >= 4 is 23.2 Å². The molecule has 2 rings (SSSR count). The molecule has 3 unspecified atom stereocenters. The molecule has 1 amide bonds. The molecule has 4 heteroatoms. The van der Waals surface area contributed by atoms with Crippen molar-refractivity contribution in [1.82, 2.24) is 0 Å². The van der Waals surface area contributed by atoms with Gasteiger partial charge in [0, 0.05) is 11.7 Å². The molecule has 1 fully saturated rings. The maximum Gasteiger partial charge on any atom is 0.250 e. The monoisotopic (exact) mass is 280 g/mol. The number of carbonyl (C=O) groups is 1. The minimum atomic E-state index is -0.487. The van der Waals surface area contributed by atoms with Gasteiger partial charge in [-0.15, -0.1) is 0 Å². The van der Waals surface area contributed by atoms with Crippen LogP contribution in [0.15, 0.2) is 18.2 Å². The molecule has 1 saturated carbocycles. The smallest absolute Gasteiger partial charge is 0.250 e. The first-order valence-corrected chi connectivity index (χ1v) is 7.22. The minimum Gasteiger partial charge on any atom is -0.382 e. The third-order valence-corrected chi connectivity index (χ3v) is 4.62. The Morgan fingerprint density at radius 3 is 2.79 bits per heavy atom. The number of anilines is 1. The lowest BCUT2D eigenvalue weighted by Gasteiger charge is -2.35. The standard InChI is InChI=1S/C15H21ClN2O/c1-9-4-3-5-14(10(9)2)18-11-6-7-13(16)12(8-11)15(17)19/h6-10,14,18H,3-5H2,1-2H3,(H2,17,19). The molecule has 0 aliphatic heterocycles. The first-order chi connectivity index (χ1) is 8.99. The summed E-state index contributed by atoms with van der Waals surface area (Å²) in [6.07, 6.45) is 3.71. The molecule has 19 heavy (non-hydrogen) atoms. The van der Waals surface area contributed by atoms with Gasteiger partial charge in [0.05, 0.1) is 10.6 Å². The van der Waals surface area contributed by atoms with Gasteiger partial charge >= 0.3 is 0 Å². The lowest BCUT2D eigenvalue weighted by atomic mass is 9.78. The molecule has 1 aromatic carbocycles. The van der Waals surface area contributed by atoms with Crippen molar-refractivity contribution < 1.29 is 4.79 Å². The molecule has 3 atom stereocenters. The van der Waals surface area contributed by atoms with Gasteiger partial charge < -0.3 is 11.1 Å². The van der Waals surface area contributed by atoms with E-state index in [1.54, 1.807) is 12.1 Å². The lowest BCUT2D eigenvalue weighted by molar-refractivity contribution is 0.100. The molecule has 1 aromatic rings. The van der Waals surface area contributed by atoms with Crippen LogP contribution in [0, 0.1) is 11.8 Å². The van der Waals surface area contributed by atoms with Crippen molar-refractivity contribution in [2.75, 3.05) is 5.32 Å². The SMILES string of the molecule is CC1CCCC(Nc2ccc(Cl)c(C(N)=O)c2)C1C. The van der Waals surface area contributed by atoms with E-state index in [0.717, 1.165) is 11.6 Å². The van der Waals surface area contributed by atoms with Gasteiger partial charge in [-0.05, 0) is 36.5 Å². The summed E-state index contributed by atoms with van der Waals surface area (Å²) in [4.78, 5) is 11.3. The third-order valence-electron chi connectivity index (χ3n) is 4.29. The zero-order chi connectivity index (χ0) is 14.0. The summed E-state index contributed by atoms with van der Waals surface area (Å²) >= 11 is 5.96. The quantitative estimate of drug-likeness (QED) is 0.887. The Bertz CT molecular complexity index is 475. The number of nitrogens with two attached hydrogens (primary N) is 1. The Kier molecular flexibility index (Phi) is 4.35. The molecule has 104 valence electrons. The highest BCUT2D eigenvalue weighted by Gasteiger charge is 2.26. The van der Waals surface area contributed by atoms with E-state index in [4.69, 9.17) is 17.3 Å². The first kappa shape index (κ1) is 14.2. The molecule has 0 spiro atoms. The molecule has 1 aliphatic rings. The van der Waals surface area contributed by atoms with Crippen LogP contribution in [0.5, 0.6) is 0 Å². The van der Waals surface area contributed by atoms with Crippen molar-refractivity contribution in [2.45, 2.75) is 39.2 Å². The molecule has 0 bridgehead atoms. The number of benzene rings is 1. The predicted octanol–water partition coefficient (Wildman–Crippen LogP) is 3.68. The van der Waals surface area contributed by atoms with Gasteiger partial charge in [0.1, 0.15) is 0 Å². The first-order valence-electron chi connectivity index (χ1n) is 6.85. The van der Waals surface area contributed by atoms with Gasteiger partial charge in [-0.25, -0.2) is 0 Å². The maximum absolute atomic E-state index is 11.3. The zero-order valence-corrected chi connectivity index (χ0v) is 12.2. The van der Waals surface area contributed by atoms with Crippen LogP contribution in [0.25, 0.3) is 0 Å². The van der Waals surface area contributed by atoms with Crippen molar-refractivity contribution in [3.8, 4) is 0 Å². The molecule has 0 radical (unpaired) electrons. The van der Waals surface area contributed by atoms with Gasteiger partial charge in [0.2, 0.25) is 5.91 Å². The molecule has 0 aromatic heterocycles. The van der Waals surface area contributed by atoms with Crippen LogP contribution in [0.3, 0.4) is 0 Å². The van der Waals surface area contributed by atoms with E-state index in [2.05, 4.69) is 19.2 Å². The van der Waals surface area contributed by atoms with Crippen LogP contribution in [0.2, 0.25) is 5.02 Å². The fourth-order valence-corrected chi connectivity index (χ4v) is 3.01. The van der Waals surface area contributed by atoms with Gasteiger partial charge in [0.25, 0.3) is 0 Å². The van der Waals surface area contributed by atoms with E-state index >= 15 is 0 Å². The molecule has 3 nitrogen and oxygen atoms in total. The van der Waals surface area contributed by atoms with E-state index in [0.29, 0.717) is 22.5 Å². The van der Waals surface area contributed by atoms with Crippen LogP contribution in [-0.4, -0.2) is 11.9 Å². The van der Waals surface area contributed by atoms with Crippen molar-refractivity contribution in [1.29, 1.82) is 0 Å². The van der Waals surface area contributed by atoms with Gasteiger partial charge in [-0.3, -0.25) is 4.79 Å². The van der Waals surface area contributed by atoms with Gasteiger partial charge in [0.15, 0.2) is 0 Å². The van der Waals surface area contributed by atoms with Crippen LogP contribution < -0.4 is 11.1 Å².